The number of hydrogen-bond acceptors (Lipinski definition) is 4. The first-order valence-corrected chi connectivity index (χ1v) is 4.09. The molecule has 1 fully saturated rings. The molecule has 1 saturated heterocycles. The fraction of sp³-hybridized carbons (Fsp3) is 0.714. The maximum atomic E-state index is 11.3. The summed E-state index contributed by atoms with van der Waals surface area (Å²) in [6.07, 6.45) is 0. The van der Waals surface area contributed by atoms with Crippen LogP contribution in [0.15, 0.2) is 0 Å². The zero-order valence-electron chi connectivity index (χ0n) is 7.50. The summed E-state index contributed by atoms with van der Waals surface area (Å²) in [6.45, 7) is 1.96. The molecule has 0 bridgehead atoms. The van der Waals surface area contributed by atoms with Gasteiger partial charge in [-0.05, 0) is 0 Å². The fourth-order valence-corrected chi connectivity index (χ4v) is 1.08. The molecule has 2 amide bonds. The second kappa shape index (κ2) is 4.78. The van der Waals surface area contributed by atoms with Crippen molar-refractivity contribution in [3.05, 3.63) is 0 Å². The van der Waals surface area contributed by atoms with E-state index in [4.69, 9.17) is 4.74 Å². The zero-order valence-corrected chi connectivity index (χ0v) is 7.50. The molecule has 6 heteroatoms. The molecule has 1 rings (SSSR count). The molecule has 0 spiro atoms. The third-order valence-electron chi connectivity index (χ3n) is 1.73. The predicted molar refractivity (Wildman–Crippen MR) is 44.6 cm³/mol. The fourth-order valence-electron chi connectivity index (χ4n) is 1.08. The summed E-state index contributed by atoms with van der Waals surface area (Å²) in [7, 11) is 1.53. The van der Waals surface area contributed by atoms with E-state index in [9.17, 15) is 9.59 Å². The smallest absolute Gasteiger partial charge is 0.323 e. The molecule has 0 aromatic rings. The van der Waals surface area contributed by atoms with Gasteiger partial charge in [-0.3, -0.25) is 15.0 Å². The van der Waals surface area contributed by atoms with Crippen LogP contribution < -0.4 is 10.9 Å². The minimum Gasteiger partial charge on any atom is -0.378 e. The van der Waals surface area contributed by atoms with Gasteiger partial charge in [-0.2, -0.15) is 0 Å². The summed E-state index contributed by atoms with van der Waals surface area (Å²) in [6, 6.07) is 0. The topological polar surface area (TPSA) is 70.7 Å². The predicted octanol–water partition coefficient (Wildman–Crippen LogP) is -1.90. The van der Waals surface area contributed by atoms with Crippen molar-refractivity contribution in [2.24, 2.45) is 0 Å². The lowest BCUT2D eigenvalue weighted by atomic mass is 10.4. The molecule has 74 valence electrons. The Balaban J connectivity index is 2.40. The Kier molecular flexibility index (Phi) is 3.66. The lowest BCUT2D eigenvalue weighted by molar-refractivity contribution is -0.148. The first-order chi connectivity index (χ1) is 6.25. The maximum Gasteiger partial charge on any atom is 0.323 e. The Morgan fingerprint density at radius 2 is 1.92 bits per heavy atom. The lowest BCUT2D eigenvalue weighted by Gasteiger charge is -2.25. The number of rotatable bonds is 1. The molecule has 6 nitrogen and oxygen atoms in total. The molecular formula is C7H13N3O3. The van der Waals surface area contributed by atoms with Gasteiger partial charge in [0.15, 0.2) is 0 Å². The summed E-state index contributed by atoms with van der Waals surface area (Å²) in [5.74, 6) is -1.15. The highest BCUT2D eigenvalue weighted by molar-refractivity contribution is 6.34. The molecule has 0 unspecified atom stereocenters. The molecule has 2 N–H and O–H groups in total. The highest BCUT2D eigenvalue weighted by Gasteiger charge is 2.22. The van der Waals surface area contributed by atoms with Crippen LogP contribution in [-0.4, -0.2) is 50.1 Å². The highest BCUT2D eigenvalue weighted by Crippen LogP contribution is 1.96. The van der Waals surface area contributed by atoms with Crippen LogP contribution in [0.3, 0.4) is 0 Å². The largest absolute Gasteiger partial charge is 0.378 e. The zero-order chi connectivity index (χ0) is 9.68. The Morgan fingerprint density at radius 3 is 2.46 bits per heavy atom. The Labute approximate surface area is 76.2 Å². The van der Waals surface area contributed by atoms with Gasteiger partial charge in [0, 0.05) is 20.1 Å². The molecule has 1 aliphatic heterocycles. The number of morpholine rings is 1. The van der Waals surface area contributed by atoms with Crippen molar-refractivity contribution in [1.82, 2.24) is 15.8 Å². The standard InChI is InChI=1S/C7H13N3O3/c1-8-9-6(11)7(12)10-2-4-13-5-3-10/h8H,2-5H2,1H3,(H,9,11). The van der Waals surface area contributed by atoms with Crippen molar-refractivity contribution >= 4 is 11.8 Å². The van der Waals surface area contributed by atoms with Crippen molar-refractivity contribution in [2.45, 2.75) is 0 Å². The summed E-state index contributed by atoms with van der Waals surface area (Å²) in [5, 5.41) is 0. The van der Waals surface area contributed by atoms with E-state index in [1.165, 1.54) is 11.9 Å². The van der Waals surface area contributed by atoms with Crippen molar-refractivity contribution in [3.63, 3.8) is 0 Å². The molecule has 0 saturated carbocycles. The van der Waals surface area contributed by atoms with E-state index >= 15 is 0 Å². The number of carbonyl (C=O) groups is 2. The normalized spacial score (nSPS) is 16.8. The molecule has 0 aliphatic carbocycles. The third-order valence-corrected chi connectivity index (χ3v) is 1.73. The van der Waals surface area contributed by atoms with Crippen molar-refractivity contribution < 1.29 is 14.3 Å². The number of nitrogens with one attached hydrogen (secondary N) is 2. The molecule has 0 radical (unpaired) electrons. The van der Waals surface area contributed by atoms with E-state index in [1.807, 2.05) is 0 Å². The number of carbonyl (C=O) groups excluding carboxylic acids is 2. The van der Waals surface area contributed by atoms with Gasteiger partial charge in [0.1, 0.15) is 0 Å². The molecule has 1 heterocycles. The minimum atomic E-state index is -0.635. The molecule has 0 aromatic heterocycles. The monoisotopic (exact) mass is 187 g/mol. The summed E-state index contributed by atoms with van der Waals surface area (Å²) in [5.41, 5.74) is 4.63. The highest BCUT2D eigenvalue weighted by atomic mass is 16.5. The average Bonchev–Trinajstić information content (AvgIpc) is 2.18. The van der Waals surface area contributed by atoms with Gasteiger partial charge < -0.3 is 9.64 Å². The van der Waals surface area contributed by atoms with Crippen molar-refractivity contribution in [2.75, 3.05) is 33.4 Å². The van der Waals surface area contributed by atoms with Gasteiger partial charge in [0.25, 0.3) is 0 Å². The summed E-state index contributed by atoms with van der Waals surface area (Å²) >= 11 is 0. The Hall–Kier alpha value is -1.14. The quantitative estimate of drug-likeness (QED) is 0.371. The van der Waals surface area contributed by atoms with Crippen molar-refractivity contribution in [3.8, 4) is 0 Å². The lowest BCUT2D eigenvalue weighted by Crippen LogP contribution is -2.50. The van der Waals surface area contributed by atoms with E-state index in [1.54, 1.807) is 0 Å². The van der Waals surface area contributed by atoms with Crippen LogP contribution in [0.4, 0.5) is 0 Å². The van der Waals surface area contributed by atoms with Crippen LogP contribution in [0.2, 0.25) is 0 Å². The van der Waals surface area contributed by atoms with Gasteiger partial charge in [-0.15, -0.1) is 0 Å². The second-order valence-electron chi connectivity index (χ2n) is 2.61. The summed E-state index contributed by atoms with van der Waals surface area (Å²) < 4.78 is 5.05. The first-order valence-electron chi connectivity index (χ1n) is 4.09. The van der Waals surface area contributed by atoms with Gasteiger partial charge in [0.2, 0.25) is 0 Å². The van der Waals surface area contributed by atoms with Crippen molar-refractivity contribution in [1.29, 1.82) is 0 Å². The van der Waals surface area contributed by atoms with Gasteiger partial charge in [0.05, 0.1) is 13.2 Å². The molecule has 0 aromatic carbocycles. The Morgan fingerprint density at radius 1 is 1.31 bits per heavy atom. The molecule has 1 aliphatic rings. The van der Waals surface area contributed by atoms with E-state index < -0.39 is 11.8 Å². The van der Waals surface area contributed by atoms with Gasteiger partial charge in [-0.1, -0.05) is 0 Å². The maximum absolute atomic E-state index is 11.3. The number of nitrogens with zero attached hydrogens (tertiary/aromatic N) is 1. The first kappa shape index (κ1) is 9.94. The van der Waals surface area contributed by atoms with Crippen LogP contribution in [0.5, 0.6) is 0 Å². The molecular weight excluding hydrogens is 174 g/mol. The number of hydrogen-bond donors (Lipinski definition) is 2. The second-order valence-corrected chi connectivity index (χ2v) is 2.61. The molecule has 13 heavy (non-hydrogen) atoms. The Bertz CT molecular complexity index is 201. The van der Waals surface area contributed by atoms with E-state index in [0.717, 1.165) is 0 Å². The van der Waals surface area contributed by atoms with Crippen LogP contribution in [0.1, 0.15) is 0 Å². The van der Waals surface area contributed by atoms with E-state index in [-0.39, 0.29) is 0 Å². The van der Waals surface area contributed by atoms with Gasteiger partial charge >= 0.3 is 11.8 Å². The SMILES string of the molecule is CNNC(=O)C(=O)N1CCOCC1. The number of amides is 2. The number of hydrazine groups is 1. The number of ether oxygens (including phenoxy) is 1. The van der Waals surface area contributed by atoms with Crippen LogP contribution in [0, 0.1) is 0 Å². The van der Waals surface area contributed by atoms with E-state index in [0.29, 0.717) is 26.3 Å². The van der Waals surface area contributed by atoms with Crippen LogP contribution >= 0.6 is 0 Å². The van der Waals surface area contributed by atoms with Gasteiger partial charge in [-0.25, -0.2) is 5.43 Å². The van der Waals surface area contributed by atoms with Crippen LogP contribution in [0.25, 0.3) is 0 Å². The average molecular weight is 187 g/mol. The van der Waals surface area contributed by atoms with Crippen LogP contribution in [-0.2, 0) is 14.3 Å². The minimum absolute atomic E-state index is 0.482. The van der Waals surface area contributed by atoms with E-state index in [2.05, 4.69) is 10.9 Å². The molecule has 0 atom stereocenters. The third kappa shape index (κ3) is 2.67. The summed E-state index contributed by atoms with van der Waals surface area (Å²) in [4.78, 5) is 23.8.